The normalized spacial score (nSPS) is 12.7. The third kappa shape index (κ3) is 5.80. The third-order valence-corrected chi connectivity index (χ3v) is 3.46. The Labute approximate surface area is 111 Å². The van der Waals surface area contributed by atoms with Gasteiger partial charge in [-0.05, 0) is 31.2 Å². The second-order valence-corrected chi connectivity index (χ2v) is 5.57. The first-order chi connectivity index (χ1) is 8.63. The first kappa shape index (κ1) is 15.4. The van der Waals surface area contributed by atoms with Crippen LogP contribution in [0.15, 0.2) is 23.1 Å². The molecule has 0 saturated carbocycles. The van der Waals surface area contributed by atoms with Gasteiger partial charge in [0.05, 0.1) is 0 Å². The first-order valence-electron chi connectivity index (χ1n) is 5.95. The van der Waals surface area contributed by atoms with Crippen molar-refractivity contribution in [3.8, 4) is 0 Å². The van der Waals surface area contributed by atoms with E-state index in [-0.39, 0.29) is 0 Å². The number of nitrogens with one attached hydrogen (secondary N) is 1. The molecule has 0 spiro atoms. The third-order valence-electron chi connectivity index (χ3n) is 2.36. The van der Waals surface area contributed by atoms with Crippen LogP contribution in [0.5, 0.6) is 0 Å². The average Bonchev–Trinajstić information content (AvgIpc) is 2.34. The Kier molecular flexibility index (Phi) is 7.23. The zero-order chi connectivity index (χ0) is 13.4. The van der Waals surface area contributed by atoms with Crippen LogP contribution in [-0.2, 0) is 4.74 Å². The Morgan fingerprint density at radius 3 is 2.78 bits per heavy atom. The molecule has 0 amide bonds. The summed E-state index contributed by atoms with van der Waals surface area (Å²) in [6.45, 7) is 4.52. The van der Waals surface area contributed by atoms with E-state index in [1.807, 2.05) is 0 Å². The molecule has 0 aliphatic heterocycles. The second kappa shape index (κ2) is 8.45. The maximum Gasteiger partial charge on any atom is 0.159 e. The molecule has 0 fully saturated rings. The monoisotopic (exact) mass is 275 g/mol. The molecule has 0 aliphatic rings. The van der Waals surface area contributed by atoms with Gasteiger partial charge in [0.25, 0.3) is 0 Å². The molecule has 0 radical (unpaired) electrons. The van der Waals surface area contributed by atoms with Gasteiger partial charge < -0.3 is 10.1 Å². The minimum absolute atomic E-state index is 0.303. The first-order valence-corrected chi connectivity index (χ1v) is 6.83. The van der Waals surface area contributed by atoms with Crippen LogP contribution in [0.4, 0.5) is 8.78 Å². The number of benzene rings is 1. The fourth-order valence-electron chi connectivity index (χ4n) is 1.47. The summed E-state index contributed by atoms with van der Waals surface area (Å²) < 4.78 is 30.7. The summed E-state index contributed by atoms with van der Waals surface area (Å²) in [7, 11) is 1.68. The summed E-state index contributed by atoms with van der Waals surface area (Å²) in [6, 6.07) is 4.00. The number of halogens is 2. The molecule has 5 heteroatoms. The number of methoxy groups -OCH3 is 1. The Bertz CT molecular complexity index is 363. The van der Waals surface area contributed by atoms with Crippen LogP contribution in [-0.4, -0.2) is 32.1 Å². The lowest BCUT2D eigenvalue weighted by molar-refractivity contribution is 0.194. The molecule has 1 atom stereocenters. The fourth-order valence-corrected chi connectivity index (χ4v) is 2.45. The standard InChI is InChI=1S/C13H19F2NOS/c1-10(9-16-6-3-7-17-2)18-11-4-5-12(14)13(15)8-11/h4-5,8,10,16H,3,6-7,9H2,1-2H3. The van der Waals surface area contributed by atoms with Crippen LogP contribution < -0.4 is 5.32 Å². The molecule has 102 valence electrons. The van der Waals surface area contributed by atoms with Gasteiger partial charge in [0.2, 0.25) is 0 Å². The summed E-state index contributed by atoms with van der Waals surface area (Å²) in [5, 5.41) is 3.60. The maximum atomic E-state index is 13.0. The summed E-state index contributed by atoms with van der Waals surface area (Å²) in [6.07, 6.45) is 0.971. The zero-order valence-electron chi connectivity index (χ0n) is 10.7. The molecular formula is C13H19F2NOS. The predicted molar refractivity (Wildman–Crippen MR) is 71.0 cm³/mol. The number of ether oxygens (including phenoxy) is 1. The number of hydrogen-bond acceptors (Lipinski definition) is 3. The highest BCUT2D eigenvalue weighted by Gasteiger charge is 2.07. The zero-order valence-corrected chi connectivity index (χ0v) is 11.5. The average molecular weight is 275 g/mol. The van der Waals surface area contributed by atoms with E-state index in [0.717, 1.165) is 37.1 Å². The van der Waals surface area contributed by atoms with Gasteiger partial charge in [-0.3, -0.25) is 0 Å². The number of hydrogen-bond donors (Lipinski definition) is 1. The molecule has 1 aromatic rings. The van der Waals surface area contributed by atoms with Gasteiger partial charge in [0.15, 0.2) is 11.6 Å². The van der Waals surface area contributed by atoms with Gasteiger partial charge >= 0.3 is 0 Å². The molecule has 18 heavy (non-hydrogen) atoms. The number of rotatable bonds is 8. The van der Waals surface area contributed by atoms with Crippen molar-refractivity contribution in [3.05, 3.63) is 29.8 Å². The van der Waals surface area contributed by atoms with E-state index in [1.165, 1.54) is 17.8 Å². The van der Waals surface area contributed by atoms with Gasteiger partial charge in [-0.2, -0.15) is 0 Å². The Morgan fingerprint density at radius 2 is 2.11 bits per heavy atom. The summed E-state index contributed by atoms with van der Waals surface area (Å²) in [5.74, 6) is -1.59. The summed E-state index contributed by atoms with van der Waals surface area (Å²) >= 11 is 1.53. The molecule has 1 aromatic carbocycles. The van der Waals surface area contributed by atoms with Crippen molar-refractivity contribution in [1.82, 2.24) is 5.32 Å². The Hall–Kier alpha value is -0.650. The lowest BCUT2D eigenvalue weighted by Crippen LogP contribution is -2.24. The topological polar surface area (TPSA) is 21.3 Å². The largest absolute Gasteiger partial charge is 0.385 e. The van der Waals surface area contributed by atoms with Crippen molar-refractivity contribution in [1.29, 1.82) is 0 Å². The molecule has 1 N–H and O–H groups in total. The number of thioether (sulfide) groups is 1. The quantitative estimate of drug-likeness (QED) is 0.582. The molecule has 1 rings (SSSR count). The van der Waals surface area contributed by atoms with Crippen LogP contribution in [0.25, 0.3) is 0 Å². The predicted octanol–water partition coefficient (Wildman–Crippen LogP) is 3.07. The summed E-state index contributed by atoms with van der Waals surface area (Å²) in [5.41, 5.74) is 0. The van der Waals surface area contributed by atoms with Crippen LogP contribution in [0.1, 0.15) is 13.3 Å². The van der Waals surface area contributed by atoms with Gasteiger partial charge in [-0.15, -0.1) is 11.8 Å². The minimum atomic E-state index is -0.801. The molecular weight excluding hydrogens is 256 g/mol. The molecule has 1 unspecified atom stereocenters. The highest BCUT2D eigenvalue weighted by molar-refractivity contribution is 8.00. The van der Waals surface area contributed by atoms with Gasteiger partial charge in [0, 0.05) is 30.4 Å². The van der Waals surface area contributed by atoms with Crippen molar-refractivity contribution >= 4 is 11.8 Å². The highest BCUT2D eigenvalue weighted by atomic mass is 32.2. The van der Waals surface area contributed by atoms with Crippen LogP contribution >= 0.6 is 11.8 Å². The van der Waals surface area contributed by atoms with Crippen LogP contribution in [0.2, 0.25) is 0 Å². The van der Waals surface area contributed by atoms with Gasteiger partial charge in [-0.1, -0.05) is 6.92 Å². The van der Waals surface area contributed by atoms with Crippen molar-refractivity contribution < 1.29 is 13.5 Å². The minimum Gasteiger partial charge on any atom is -0.385 e. The Balaban J connectivity index is 2.26. The van der Waals surface area contributed by atoms with Gasteiger partial charge in [0.1, 0.15) is 0 Å². The van der Waals surface area contributed by atoms with Crippen molar-refractivity contribution in [2.45, 2.75) is 23.5 Å². The van der Waals surface area contributed by atoms with Crippen molar-refractivity contribution in [3.63, 3.8) is 0 Å². The fraction of sp³-hybridized carbons (Fsp3) is 0.538. The highest BCUT2D eigenvalue weighted by Crippen LogP contribution is 2.24. The van der Waals surface area contributed by atoms with Crippen LogP contribution in [0.3, 0.4) is 0 Å². The Morgan fingerprint density at radius 1 is 1.33 bits per heavy atom. The van der Waals surface area contributed by atoms with E-state index in [0.29, 0.717) is 5.25 Å². The van der Waals surface area contributed by atoms with E-state index in [2.05, 4.69) is 12.2 Å². The van der Waals surface area contributed by atoms with E-state index < -0.39 is 11.6 Å². The SMILES string of the molecule is COCCCNCC(C)Sc1ccc(F)c(F)c1. The molecule has 0 saturated heterocycles. The van der Waals surface area contributed by atoms with E-state index in [1.54, 1.807) is 13.2 Å². The molecule has 0 bridgehead atoms. The summed E-state index contributed by atoms with van der Waals surface area (Å²) in [4.78, 5) is 0.750. The lowest BCUT2D eigenvalue weighted by Gasteiger charge is -2.12. The van der Waals surface area contributed by atoms with E-state index in [4.69, 9.17) is 4.74 Å². The lowest BCUT2D eigenvalue weighted by atomic mass is 10.3. The van der Waals surface area contributed by atoms with Gasteiger partial charge in [-0.25, -0.2) is 8.78 Å². The van der Waals surface area contributed by atoms with E-state index in [9.17, 15) is 8.78 Å². The van der Waals surface area contributed by atoms with E-state index >= 15 is 0 Å². The van der Waals surface area contributed by atoms with Crippen molar-refractivity contribution in [2.75, 3.05) is 26.8 Å². The molecule has 2 nitrogen and oxygen atoms in total. The second-order valence-electron chi connectivity index (χ2n) is 4.05. The molecule has 0 heterocycles. The van der Waals surface area contributed by atoms with Crippen molar-refractivity contribution in [2.24, 2.45) is 0 Å². The molecule has 0 aliphatic carbocycles. The molecule has 0 aromatic heterocycles. The van der Waals surface area contributed by atoms with Crippen LogP contribution in [0, 0.1) is 11.6 Å². The maximum absolute atomic E-state index is 13.0. The smallest absolute Gasteiger partial charge is 0.159 e.